The van der Waals surface area contributed by atoms with Crippen LogP contribution < -0.4 is 0 Å². The van der Waals surface area contributed by atoms with Crippen LogP contribution in [0.4, 0.5) is 0 Å². The number of thiophene rings is 1. The summed E-state index contributed by atoms with van der Waals surface area (Å²) in [6, 6.07) is 46.9. The van der Waals surface area contributed by atoms with E-state index >= 15 is 0 Å². The van der Waals surface area contributed by atoms with Crippen LogP contribution in [0.1, 0.15) is 0 Å². The zero-order valence-electron chi connectivity index (χ0n) is 22.9. The normalized spacial score (nSPS) is 11.3. The summed E-state index contributed by atoms with van der Waals surface area (Å²) >= 11 is 1.70. The molecule has 0 atom stereocenters. The molecule has 3 heterocycles. The minimum Gasteiger partial charge on any atom is -0.226 e. The molecule has 0 saturated carbocycles. The molecule has 0 fully saturated rings. The van der Waals surface area contributed by atoms with Crippen molar-refractivity contribution in [3.63, 3.8) is 0 Å². The van der Waals surface area contributed by atoms with Crippen LogP contribution in [0.15, 0.2) is 140 Å². The molecule has 5 nitrogen and oxygen atoms in total. The molecule has 0 aliphatic carbocycles. The lowest BCUT2D eigenvalue weighted by Gasteiger charge is -2.10. The van der Waals surface area contributed by atoms with Crippen LogP contribution in [0.5, 0.6) is 0 Å². The minimum atomic E-state index is 0.610. The lowest BCUT2D eigenvalue weighted by atomic mass is 10.1. The first-order valence-electron chi connectivity index (χ1n) is 14.0. The van der Waals surface area contributed by atoms with Gasteiger partial charge in [0.05, 0.1) is 15.9 Å². The van der Waals surface area contributed by atoms with E-state index in [0.717, 1.165) is 53.8 Å². The van der Waals surface area contributed by atoms with Crippen LogP contribution in [0.3, 0.4) is 0 Å². The second-order valence-corrected chi connectivity index (χ2v) is 11.2. The fraction of sp³-hybridized carbons (Fsp3) is 0. The van der Waals surface area contributed by atoms with Crippen LogP contribution in [-0.4, -0.2) is 24.9 Å². The molecule has 0 bridgehead atoms. The van der Waals surface area contributed by atoms with Crippen molar-refractivity contribution < 1.29 is 0 Å². The predicted molar refractivity (Wildman–Crippen MR) is 175 cm³/mol. The lowest BCUT2D eigenvalue weighted by molar-refractivity contribution is 1.08. The summed E-state index contributed by atoms with van der Waals surface area (Å²) < 4.78 is 2.14. The van der Waals surface area contributed by atoms with Gasteiger partial charge in [-0.3, -0.25) is 0 Å². The van der Waals surface area contributed by atoms with Gasteiger partial charge in [0.25, 0.3) is 0 Å². The Hall–Kier alpha value is -5.59. The zero-order valence-corrected chi connectivity index (χ0v) is 23.7. The maximum Gasteiger partial charge on any atom is 0.164 e. The average Bonchev–Trinajstić information content (AvgIpc) is 3.48. The zero-order chi connectivity index (χ0) is 28.6. The van der Waals surface area contributed by atoms with Gasteiger partial charge in [0.2, 0.25) is 0 Å². The molecular formula is C37H23N5S. The van der Waals surface area contributed by atoms with Crippen molar-refractivity contribution in [2.45, 2.75) is 0 Å². The molecule has 0 radical (unpaired) electrons. The molecule has 3 aromatic heterocycles. The Morgan fingerprint density at radius 1 is 0.372 bits per heavy atom. The Morgan fingerprint density at radius 2 is 0.837 bits per heavy atom. The van der Waals surface area contributed by atoms with Crippen molar-refractivity contribution in [3.05, 3.63) is 140 Å². The fourth-order valence-corrected chi connectivity index (χ4v) is 6.49. The van der Waals surface area contributed by atoms with E-state index in [9.17, 15) is 0 Å². The minimum absolute atomic E-state index is 0.610. The van der Waals surface area contributed by atoms with Gasteiger partial charge in [-0.2, -0.15) is 0 Å². The molecule has 0 aliphatic rings. The number of hydrogen-bond donors (Lipinski definition) is 0. The summed E-state index contributed by atoms with van der Waals surface area (Å²) in [4.78, 5) is 25.3. The molecule has 0 amide bonds. The van der Waals surface area contributed by atoms with E-state index in [4.69, 9.17) is 24.9 Å². The quantitative estimate of drug-likeness (QED) is 0.207. The molecule has 6 heteroatoms. The first kappa shape index (κ1) is 25.1. The van der Waals surface area contributed by atoms with E-state index in [1.807, 2.05) is 97.1 Å². The van der Waals surface area contributed by atoms with Crippen molar-refractivity contribution in [3.8, 4) is 56.8 Å². The molecule has 0 unspecified atom stereocenters. The highest BCUT2D eigenvalue weighted by Gasteiger charge is 2.21. The van der Waals surface area contributed by atoms with Crippen molar-refractivity contribution in [1.29, 1.82) is 0 Å². The largest absolute Gasteiger partial charge is 0.226 e. The Morgan fingerprint density at radius 3 is 1.37 bits per heavy atom. The second kappa shape index (κ2) is 10.7. The van der Waals surface area contributed by atoms with Gasteiger partial charge in [0.1, 0.15) is 0 Å². The molecule has 5 aromatic carbocycles. The van der Waals surface area contributed by atoms with Crippen LogP contribution in [0, 0.1) is 0 Å². The van der Waals surface area contributed by atoms with Gasteiger partial charge in [0, 0.05) is 37.9 Å². The molecule has 0 saturated heterocycles. The average molecular weight is 570 g/mol. The van der Waals surface area contributed by atoms with Gasteiger partial charge in [-0.05, 0) is 6.07 Å². The van der Waals surface area contributed by atoms with Gasteiger partial charge in [0.15, 0.2) is 23.3 Å². The van der Waals surface area contributed by atoms with E-state index in [-0.39, 0.29) is 0 Å². The first-order valence-corrected chi connectivity index (χ1v) is 14.8. The molecule has 8 rings (SSSR count). The summed E-state index contributed by atoms with van der Waals surface area (Å²) in [5, 5.41) is 1.02. The van der Waals surface area contributed by atoms with E-state index in [0.29, 0.717) is 23.3 Å². The van der Waals surface area contributed by atoms with Gasteiger partial charge in [-0.25, -0.2) is 24.9 Å². The topological polar surface area (TPSA) is 64.5 Å². The number of hydrogen-bond acceptors (Lipinski definition) is 6. The van der Waals surface area contributed by atoms with Crippen LogP contribution in [0.2, 0.25) is 0 Å². The highest BCUT2D eigenvalue weighted by Crippen LogP contribution is 2.43. The molecule has 0 N–H and O–H groups in total. The Balaban J connectivity index is 1.43. The van der Waals surface area contributed by atoms with Gasteiger partial charge in [-0.15, -0.1) is 11.3 Å². The molecule has 202 valence electrons. The number of aromatic nitrogens is 5. The Labute approximate surface area is 252 Å². The molecule has 43 heavy (non-hydrogen) atoms. The third kappa shape index (κ3) is 4.64. The van der Waals surface area contributed by atoms with E-state index < -0.39 is 0 Å². The number of rotatable bonds is 5. The second-order valence-electron chi connectivity index (χ2n) is 10.1. The Bertz CT molecular complexity index is 2160. The third-order valence-electron chi connectivity index (χ3n) is 7.36. The lowest BCUT2D eigenvalue weighted by Crippen LogP contribution is -2.00. The van der Waals surface area contributed by atoms with Crippen LogP contribution in [-0.2, 0) is 0 Å². The van der Waals surface area contributed by atoms with Crippen molar-refractivity contribution >= 4 is 31.6 Å². The van der Waals surface area contributed by atoms with Crippen molar-refractivity contribution in [2.24, 2.45) is 0 Å². The predicted octanol–water partition coefficient (Wildman–Crippen LogP) is 9.36. The number of fused-ring (bicyclic) bond motifs is 3. The first-order chi connectivity index (χ1) is 21.3. The smallest absolute Gasteiger partial charge is 0.164 e. The van der Waals surface area contributed by atoms with Gasteiger partial charge < -0.3 is 0 Å². The van der Waals surface area contributed by atoms with E-state index in [1.54, 1.807) is 11.3 Å². The van der Waals surface area contributed by atoms with E-state index in [2.05, 4.69) is 42.5 Å². The van der Waals surface area contributed by atoms with Crippen molar-refractivity contribution in [2.75, 3.05) is 0 Å². The van der Waals surface area contributed by atoms with Gasteiger partial charge in [-0.1, -0.05) is 133 Å². The maximum atomic E-state index is 5.20. The number of benzene rings is 5. The highest BCUT2D eigenvalue weighted by molar-refractivity contribution is 7.26. The van der Waals surface area contributed by atoms with Crippen molar-refractivity contribution in [1.82, 2.24) is 24.9 Å². The molecule has 0 aliphatic heterocycles. The monoisotopic (exact) mass is 569 g/mol. The van der Waals surface area contributed by atoms with Crippen LogP contribution >= 0.6 is 11.3 Å². The molecule has 0 spiro atoms. The summed E-state index contributed by atoms with van der Waals surface area (Å²) in [5.74, 6) is 2.56. The summed E-state index contributed by atoms with van der Waals surface area (Å²) in [7, 11) is 0. The van der Waals surface area contributed by atoms with Gasteiger partial charge >= 0.3 is 0 Å². The Kier molecular flexibility index (Phi) is 6.24. The SMILES string of the molecule is c1ccc(-c2nc(-c3ccccc3)nc(-c3cccc4sc5c(-c6ccccc6)nc(-c6ccccc6)nc5c34)n2)cc1. The molecule has 8 aromatic rings. The molecular weight excluding hydrogens is 547 g/mol. The number of nitrogens with zero attached hydrogens (tertiary/aromatic N) is 5. The van der Waals surface area contributed by atoms with Crippen LogP contribution in [0.25, 0.3) is 77.1 Å². The summed E-state index contributed by atoms with van der Waals surface area (Å²) in [6.45, 7) is 0. The highest BCUT2D eigenvalue weighted by atomic mass is 32.1. The fourth-order valence-electron chi connectivity index (χ4n) is 5.31. The maximum absolute atomic E-state index is 5.20. The third-order valence-corrected chi connectivity index (χ3v) is 8.51. The summed E-state index contributed by atoms with van der Waals surface area (Å²) in [5.41, 5.74) is 6.62. The summed E-state index contributed by atoms with van der Waals surface area (Å²) in [6.07, 6.45) is 0. The standard InChI is InChI=1S/C37H23N5S/c1-5-14-24(15-6-1)31-33-32(39-34(38-31)25-16-7-2-8-17-25)30-28(22-13-23-29(30)43-33)37-41-35(26-18-9-3-10-19-26)40-36(42-37)27-20-11-4-12-21-27/h1-23H. The van der Waals surface area contributed by atoms with E-state index in [1.165, 1.54) is 0 Å².